The molecule has 1 heterocycles. The van der Waals surface area contributed by atoms with E-state index in [1.54, 1.807) is 0 Å². The summed E-state index contributed by atoms with van der Waals surface area (Å²) in [6.07, 6.45) is 0. The van der Waals surface area contributed by atoms with Gasteiger partial charge in [-0.1, -0.05) is 115 Å². The second kappa shape index (κ2) is 8.31. The molecule has 0 saturated carbocycles. The number of thiophene rings is 1. The average molecular weight is 423 g/mol. The van der Waals surface area contributed by atoms with Crippen molar-refractivity contribution in [1.29, 1.82) is 0 Å². The molecule has 144 valence electrons. The molecule has 0 radical (unpaired) electrons. The molecule has 0 aliphatic rings. The summed E-state index contributed by atoms with van der Waals surface area (Å²) in [5.74, 6) is 0. The molecule has 0 aliphatic carbocycles. The molecule has 5 rings (SSSR count). The molecule has 0 saturated heterocycles. The van der Waals surface area contributed by atoms with Crippen LogP contribution in [-0.2, 0) is 0 Å². The maximum absolute atomic E-state index is 6.19. The third kappa shape index (κ3) is 3.59. The van der Waals surface area contributed by atoms with Gasteiger partial charge in [0, 0.05) is 25.9 Å². The molecule has 0 spiro atoms. The summed E-state index contributed by atoms with van der Waals surface area (Å²) in [7, 11) is 0. The Morgan fingerprint density at radius 1 is 0.400 bits per heavy atom. The number of halogens is 1. The van der Waals surface area contributed by atoms with Crippen LogP contribution in [0.2, 0.25) is 5.02 Å². The summed E-state index contributed by atoms with van der Waals surface area (Å²) >= 11 is 8.03. The molecule has 0 N–H and O–H groups in total. The highest BCUT2D eigenvalue weighted by atomic mass is 35.5. The van der Waals surface area contributed by atoms with E-state index >= 15 is 0 Å². The van der Waals surface area contributed by atoms with Gasteiger partial charge in [0.05, 0.1) is 0 Å². The number of hydrogen-bond donors (Lipinski definition) is 0. The van der Waals surface area contributed by atoms with Crippen molar-refractivity contribution in [2.24, 2.45) is 0 Å². The third-order valence-corrected chi connectivity index (χ3v) is 6.72. The molecule has 0 fully saturated rings. The van der Waals surface area contributed by atoms with Crippen molar-refractivity contribution in [1.82, 2.24) is 0 Å². The highest BCUT2D eigenvalue weighted by molar-refractivity contribution is 7.20. The van der Waals surface area contributed by atoms with Crippen LogP contribution < -0.4 is 0 Å². The monoisotopic (exact) mass is 422 g/mol. The van der Waals surface area contributed by atoms with E-state index in [9.17, 15) is 0 Å². The van der Waals surface area contributed by atoms with Crippen molar-refractivity contribution in [3.8, 4) is 43.1 Å². The Labute approximate surface area is 186 Å². The average Bonchev–Trinajstić information content (AvgIpc) is 3.22. The number of benzene rings is 4. The van der Waals surface area contributed by atoms with E-state index in [1.807, 2.05) is 23.5 Å². The van der Waals surface area contributed by atoms with Crippen LogP contribution >= 0.6 is 22.9 Å². The van der Waals surface area contributed by atoms with Crippen LogP contribution in [0.15, 0.2) is 115 Å². The summed E-state index contributed by atoms with van der Waals surface area (Å²) in [5.41, 5.74) is 7.42. The van der Waals surface area contributed by atoms with Gasteiger partial charge in [-0.3, -0.25) is 0 Å². The van der Waals surface area contributed by atoms with Crippen molar-refractivity contribution in [3.05, 3.63) is 120 Å². The molecule has 1 aromatic heterocycles. The van der Waals surface area contributed by atoms with Crippen molar-refractivity contribution in [2.45, 2.75) is 0 Å². The van der Waals surface area contributed by atoms with E-state index in [0.717, 1.165) is 5.02 Å². The Morgan fingerprint density at radius 3 is 1.20 bits per heavy atom. The summed E-state index contributed by atoms with van der Waals surface area (Å²) in [6.45, 7) is 0. The molecular formula is C28H19ClS. The van der Waals surface area contributed by atoms with Gasteiger partial charge in [-0.05, 0) is 34.4 Å². The lowest BCUT2D eigenvalue weighted by Gasteiger charge is -2.11. The first kappa shape index (κ1) is 18.9. The molecule has 4 aromatic carbocycles. The van der Waals surface area contributed by atoms with Crippen LogP contribution in [-0.4, -0.2) is 0 Å². The predicted octanol–water partition coefficient (Wildman–Crippen LogP) is 9.07. The lowest BCUT2D eigenvalue weighted by atomic mass is 9.91. The molecule has 0 aliphatic heterocycles. The van der Waals surface area contributed by atoms with Gasteiger partial charge in [-0.15, -0.1) is 11.3 Å². The van der Waals surface area contributed by atoms with E-state index in [1.165, 1.54) is 43.1 Å². The van der Waals surface area contributed by atoms with Crippen molar-refractivity contribution in [3.63, 3.8) is 0 Å². The second-order valence-corrected chi connectivity index (χ2v) is 8.57. The van der Waals surface area contributed by atoms with Gasteiger partial charge in [0.15, 0.2) is 0 Å². The molecule has 30 heavy (non-hydrogen) atoms. The Kier molecular flexibility index (Phi) is 5.23. The minimum absolute atomic E-state index is 0.753. The van der Waals surface area contributed by atoms with Crippen LogP contribution in [0.4, 0.5) is 0 Å². The Balaban J connectivity index is 1.88. The summed E-state index contributed by atoms with van der Waals surface area (Å²) in [4.78, 5) is 2.54. The lowest BCUT2D eigenvalue weighted by Crippen LogP contribution is -1.85. The fourth-order valence-electron chi connectivity index (χ4n) is 3.79. The molecule has 0 unspecified atom stereocenters. The van der Waals surface area contributed by atoms with Gasteiger partial charge in [0.2, 0.25) is 0 Å². The van der Waals surface area contributed by atoms with Gasteiger partial charge in [-0.25, -0.2) is 0 Å². The summed E-state index contributed by atoms with van der Waals surface area (Å²) in [6, 6.07) is 40.2. The van der Waals surface area contributed by atoms with Gasteiger partial charge < -0.3 is 0 Å². The maximum atomic E-state index is 6.19. The third-order valence-electron chi connectivity index (χ3n) is 5.18. The molecule has 0 nitrogen and oxygen atoms in total. The molecule has 0 atom stereocenters. The van der Waals surface area contributed by atoms with Crippen LogP contribution in [0.5, 0.6) is 0 Å². The van der Waals surface area contributed by atoms with E-state index in [2.05, 4.69) is 103 Å². The van der Waals surface area contributed by atoms with Gasteiger partial charge >= 0.3 is 0 Å². The number of hydrogen-bond acceptors (Lipinski definition) is 1. The first-order valence-electron chi connectivity index (χ1n) is 9.90. The molecule has 5 aromatic rings. The van der Waals surface area contributed by atoms with Crippen molar-refractivity contribution in [2.75, 3.05) is 0 Å². The topological polar surface area (TPSA) is 0 Å². The zero-order valence-electron chi connectivity index (χ0n) is 16.3. The zero-order chi connectivity index (χ0) is 20.3. The summed E-state index contributed by atoms with van der Waals surface area (Å²) < 4.78 is 0. The second-order valence-electron chi connectivity index (χ2n) is 7.12. The van der Waals surface area contributed by atoms with Gasteiger partial charge in [-0.2, -0.15) is 0 Å². The van der Waals surface area contributed by atoms with E-state index in [0.29, 0.717) is 0 Å². The van der Waals surface area contributed by atoms with E-state index in [-0.39, 0.29) is 0 Å². The first-order valence-corrected chi connectivity index (χ1v) is 11.1. The quantitative estimate of drug-likeness (QED) is 0.271. The number of rotatable bonds is 4. The van der Waals surface area contributed by atoms with Crippen LogP contribution in [0.3, 0.4) is 0 Å². The van der Waals surface area contributed by atoms with Gasteiger partial charge in [0.25, 0.3) is 0 Å². The lowest BCUT2D eigenvalue weighted by molar-refractivity contribution is 1.61. The van der Waals surface area contributed by atoms with Crippen molar-refractivity contribution >= 4 is 22.9 Å². The Bertz CT molecular complexity index is 1260. The fourth-order valence-corrected chi connectivity index (χ4v) is 5.27. The minimum atomic E-state index is 0.753. The molecule has 2 heteroatoms. The largest absolute Gasteiger partial charge is 0.134 e. The molecular weight excluding hydrogens is 404 g/mol. The highest BCUT2D eigenvalue weighted by Crippen LogP contribution is 2.51. The van der Waals surface area contributed by atoms with E-state index < -0.39 is 0 Å². The SMILES string of the molecule is Clc1ccc(-c2sc(-c3ccccc3)c(-c3ccccc3)c2-c2ccccc2)cc1. The highest BCUT2D eigenvalue weighted by Gasteiger charge is 2.22. The standard InChI is InChI=1S/C28H19ClS/c29-24-18-16-23(17-19-24)28-26(21-12-6-2-7-13-21)25(20-10-4-1-5-11-20)27(30-28)22-14-8-3-9-15-22/h1-19H. The van der Waals surface area contributed by atoms with E-state index in [4.69, 9.17) is 11.6 Å². The fraction of sp³-hybridized carbons (Fsp3) is 0. The van der Waals surface area contributed by atoms with Crippen LogP contribution in [0.25, 0.3) is 43.1 Å². The van der Waals surface area contributed by atoms with Crippen LogP contribution in [0.1, 0.15) is 0 Å². The minimum Gasteiger partial charge on any atom is -0.134 e. The molecule has 0 bridgehead atoms. The maximum Gasteiger partial charge on any atom is 0.0434 e. The summed E-state index contributed by atoms with van der Waals surface area (Å²) in [5, 5.41) is 0.753. The zero-order valence-corrected chi connectivity index (χ0v) is 17.8. The Morgan fingerprint density at radius 2 is 0.767 bits per heavy atom. The smallest absolute Gasteiger partial charge is 0.0434 e. The Hall–Kier alpha value is -3.13. The molecule has 0 amide bonds. The van der Waals surface area contributed by atoms with Gasteiger partial charge in [0.1, 0.15) is 0 Å². The van der Waals surface area contributed by atoms with Crippen molar-refractivity contribution < 1.29 is 0 Å². The normalized spacial score (nSPS) is 10.8. The predicted molar refractivity (Wildman–Crippen MR) is 131 cm³/mol. The van der Waals surface area contributed by atoms with Crippen LogP contribution in [0, 0.1) is 0 Å². The first-order chi connectivity index (χ1) is 14.8.